The molecule has 0 spiro atoms. The van der Waals surface area contributed by atoms with E-state index in [1.807, 2.05) is 0 Å². The summed E-state index contributed by atoms with van der Waals surface area (Å²) in [5.41, 5.74) is 0.326. The van der Waals surface area contributed by atoms with Gasteiger partial charge in [-0.25, -0.2) is 14.2 Å². The maximum atomic E-state index is 13.0. The molecule has 0 radical (unpaired) electrons. The van der Waals surface area contributed by atoms with Gasteiger partial charge in [-0.1, -0.05) is 0 Å². The molecule has 1 aromatic heterocycles. The van der Waals surface area contributed by atoms with Crippen molar-refractivity contribution in [2.75, 3.05) is 6.61 Å². The molecule has 0 saturated heterocycles. The molecule has 3 rings (SSSR count). The van der Waals surface area contributed by atoms with Crippen molar-refractivity contribution in [2.24, 2.45) is 0 Å². The highest BCUT2D eigenvalue weighted by molar-refractivity contribution is 7.17. The van der Waals surface area contributed by atoms with Crippen LogP contribution in [0.3, 0.4) is 0 Å². The molecular weight excluding hydrogens is 369 g/mol. The lowest BCUT2D eigenvalue weighted by atomic mass is 10.00. The summed E-state index contributed by atoms with van der Waals surface area (Å²) in [5, 5.41) is 12.5. The van der Waals surface area contributed by atoms with Crippen LogP contribution in [0.4, 0.5) is 4.39 Å². The van der Waals surface area contributed by atoms with Crippen molar-refractivity contribution < 1.29 is 18.7 Å². The minimum absolute atomic E-state index is 0.290. The number of esters is 1. The summed E-state index contributed by atoms with van der Waals surface area (Å²) in [7, 11) is 0. The van der Waals surface area contributed by atoms with Gasteiger partial charge in [-0.05, 0) is 56.9 Å². The second-order valence-electron chi connectivity index (χ2n) is 6.47. The Kier molecular flexibility index (Phi) is 5.51. The van der Waals surface area contributed by atoms with E-state index in [0.29, 0.717) is 29.1 Å². The summed E-state index contributed by atoms with van der Waals surface area (Å²) in [6, 6.07) is 7.96. The molecule has 1 N–H and O–H groups in total. The highest BCUT2D eigenvalue weighted by Crippen LogP contribution is 2.30. The molecule has 0 unspecified atom stereocenters. The van der Waals surface area contributed by atoms with Crippen LogP contribution in [-0.4, -0.2) is 29.0 Å². The molecule has 0 bridgehead atoms. The van der Waals surface area contributed by atoms with Gasteiger partial charge in [0.1, 0.15) is 21.2 Å². The summed E-state index contributed by atoms with van der Waals surface area (Å²) in [5.74, 6) is -1.49. The van der Waals surface area contributed by atoms with Gasteiger partial charge in [-0.2, -0.15) is 5.26 Å². The van der Waals surface area contributed by atoms with E-state index in [9.17, 15) is 19.2 Å². The van der Waals surface area contributed by atoms with Crippen LogP contribution in [0.1, 0.15) is 41.0 Å². The first kappa shape index (κ1) is 19.0. The van der Waals surface area contributed by atoms with Gasteiger partial charge in [0.05, 0.1) is 11.8 Å². The van der Waals surface area contributed by atoms with Crippen molar-refractivity contribution in [3.8, 4) is 16.6 Å². The van der Waals surface area contributed by atoms with Crippen molar-refractivity contribution in [1.82, 2.24) is 10.3 Å². The van der Waals surface area contributed by atoms with Crippen molar-refractivity contribution in [2.45, 2.75) is 38.1 Å². The van der Waals surface area contributed by atoms with Crippen LogP contribution in [0.5, 0.6) is 0 Å². The van der Waals surface area contributed by atoms with Crippen LogP contribution in [0.25, 0.3) is 10.6 Å². The van der Waals surface area contributed by atoms with E-state index >= 15 is 0 Å². The van der Waals surface area contributed by atoms with E-state index in [1.54, 1.807) is 19.1 Å². The van der Waals surface area contributed by atoms with Crippen LogP contribution >= 0.6 is 11.3 Å². The molecule has 1 heterocycles. The van der Waals surface area contributed by atoms with Crippen LogP contribution in [0.15, 0.2) is 24.3 Å². The van der Waals surface area contributed by atoms with E-state index in [1.165, 1.54) is 12.1 Å². The van der Waals surface area contributed by atoms with Gasteiger partial charge >= 0.3 is 5.97 Å². The second-order valence-corrected chi connectivity index (χ2v) is 7.46. The fraction of sp³-hybridized carbons (Fsp3) is 0.368. The minimum Gasteiger partial charge on any atom is -0.451 e. The first-order valence-electron chi connectivity index (χ1n) is 8.55. The predicted molar refractivity (Wildman–Crippen MR) is 97.5 cm³/mol. The van der Waals surface area contributed by atoms with E-state index in [0.717, 1.165) is 24.2 Å². The molecule has 1 aliphatic carbocycles. The van der Waals surface area contributed by atoms with Gasteiger partial charge in [-0.15, -0.1) is 11.3 Å². The van der Waals surface area contributed by atoms with E-state index in [2.05, 4.69) is 16.4 Å². The number of hydrogen-bond acceptors (Lipinski definition) is 6. The molecule has 1 fully saturated rings. The number of aryl methyl sites for hydroxylation is 1. The zero-order valence-electron chi connectivity index (χ0n) is 14.8. The van der Waals surface area contributed by atoms with Crippen molar-refractivity contribution in [3.05, 3.63) is 40.7 Å². The van der Waals surface area contributed by atoms with E-state index < -0.39 is 24.0 Å². The Hall–Kier alpha value is -2.79. The zero-order chi connectivity index (χ0) is 19.4. The number of carbonyl (C=O) groups is 2. The highest BCUT2D eigenvalue weighted by atomic mass is 32.1. The second kappa shape index (κ2) is 7.84. The SMILES string of the molecule is Cc1nc(-c2ccc(F)cc2)sc1C(=O)OCC(=O)NC1(C#N)CCCC1. The average Bonchev–Trinajstić information content (AvgIpc) is 3.27. The van der Waals surface area contributed by atoms with Crippen molar-refractivity contribution in [3.63, 3.8) is 0 Å². The number of nitrogens with one attached hydrogen (secondary N) is 1. The smallest absolute Gasteiger partial charge is 0.350 e. The third-order valence-electron chi connectivity index (χ3n) is 4.46. The first-order valence-corrected chi connectivity index (χ1v) is 9.37. The molecule has 1 aliphatic rings. The molecular formula is C19H18FN3O3S. The number of hydrogen-bond donors (Lipinski definition) is 1. The summed E-state index contributed by atoms with van der Waals surface area (Å²) < 4.78 is 18.1. The van der Waals surface area contributed by atoms with Crippen LogP contribution in [0.2, 0.25) is 0 Å². The molecule has 0 atom stereocenters. The summed E-state index contributed by atoms with van der Waals surface area (Å²) in [4.78, 5) is 29.0. The topological polar surface area (TPSA) is 92.1 Å². The summed E-state index contributed by atoms with van der Waals surface area (Å²) in [6.07, 6.45) is 3.00. The van der Waals surface area contributed by atoms with Gasteiger partial charge in [0.25, 0.3) is 5.91 Å². The molecule has 8 heteroatoms. The molecule has 6 nitrogen and oxygen atoms in total. The van der Waals surface area contributed by atoms with Crippen LogP contribution in [0, 0.1) is 24.1 Å². The number of benzene rings is 1. The van der Waals surface area contributed by atoms with Crippen LogP contribution in [-0.2, 0) is 9.53 Å². The number of aromatic nitrogens is 1. The Bertz CT molecular complexity index is 896. The highest BCUT2D eigenvalue weighted by Gasteiger charge is 2.35. The molecule has 1 saturated carbocycles. The maximum absolute atomic E-state index is 13.0. The standard InChI is InChI=1S/C19H18FN3O3S/c1-12-16(27-17(22-12)13-4-6-14(20)7-5-13)18(25)26-10-15(24)23-19(11-21)8-2-3-9-19/h4-7H,2-3,8-10H2,1H3,(H,23,24). The Labute approximate surface area is 160 Å². The maximum Gasteiger partial charge on any atom is 0.350 e. The largest absolute Gasteiger partial charge is 0.451 e. The minimum atomic E-state index is -0.848. The quantitative estimate of drug-likeness (QED) is 0.794. The van der Waals surface area contributed by atoms with Gasteiger partial charge in [0, 0.05) is 5.56 Å². The number of nitriles is 1. The Morgan fingerprint density at radius 2 is 2.00 bits per heavy atom. The zero-order valence-corrected chi connectivity index (χ0v) is 15.6. The summed E-state index contributed by atoms with van der Waals surface area (Å²) >= 11 is 1.12. The molecule has 2 aromatic rings. The van der Waals surface area contributed by atoms with Gasteiger partial charge < -0.3 is 10.1 Å². The monoisotopic (exact) mass is 387 g/mol. The summed E-state index contributed by atoms with van der Waals surface area (Å²) in [6.45, 7) is 1.22. The number of thiazole rings is 1. The number of carbonyl (C=O) groups excluding carboxylic acids is 2. The number of ether oxygens (including phenoxy) is 1. The lowest BCUT2D eigenvalue weighted by molar-refractivity contribution is -0.125. The first-order chi connectivity index (χ1) is 12.9. The Morgan fingerprint density at radius 1 is 1.33 bits per heavy atom. The fourth-order valence-corrected chi connectivity index (χ4v) is 4.01. The third kappa shape index (κ3) is 4.31. The van der Waals surface area contributed by atoms with Crippen molar-refractivity contribution >= 4 is 23.2 Å². The van der Waals surface area contributed by atoms with Gasteiger partial charge in [-0.3, -0.25) is 4.79 Å². The lowest BCUT2D eigenvalue weighted by Gasteiger charge is -2.21. The van der Waals surface area contributed by atoms with Crippen LogP contribution < -0.4 is 5.32 Å². The van der Waals surface area contributed by atoms with Crippen molar-refractivity contribution in [1.29, 1.82) is 5.26 Å². The van der Waals surface area contributed by atoms with E-state index in [4.69, 9.17) is 4.74 Å². The Morgan fingerprint density at radius 3 is 2.63 bits per heavy atom. The number of amides is 1. The third-order valence-corrected chi connectivity index (χ3v) is 5.64. The average molecular weight is 387 g/mol. The number of rotatable bonds is 5. The number of nitrogens with zero attached hydrogens (tertiary/aromatic N) is 2. The molecule has 1 aromatic carbocycles. The molecule has 1 amide bonds. The van der Waals surface area contributed by atoms with Gasteiger partial charge in [0.15, 0.2) is 6.61 Å². The predicted octanol–water partition coefficient (Wildman–Crippen LogP) is 3.37. The lowest BCUT2D eigenvalue weighted by Crippen LogP contribution is -2.46. The normalized spacial score (nSPS) is 15.1. The van der Waals surface area contributed by atoms with E-state index in [-0.39, 0.29) is 10.7 Å². The Balaban J connectivity index is 1.62. The fourth-order valence-electron chi connectivity index (χ4n) is 3.04. The molecule has 27 heavy (non-hydrogen) atoms. The molecule has 0 aliphatic heterocycles. The number of halogens is 1. The molecule has 140 valence electrons. The van der Waals surface area contributed by atoms with Gasteiger partial charge in [0.2, 0.25) is 0 Å².